The third kappa shape index (κ3) is 3.08. The molecule has 0 fully saturated rings. The van der Waals surface area contributed by atoms with Crippen LogP contribution in [0.3, 0.4) is 0 Å². The van der Waals surface area contributed by atoms with Crippen LogP contribution in [0.25, 0.3) is 0 Å². The molecule has 1 unspecified atom stereocenters. The first-order valence-electron chi connectivity index (χ1n) is 6.46. The molecule has 0 amide bonds. The van der Waals surface area contributed by atoms with Crippen molar-refractivity contribution in [2.45, 2.75) is 25.8 Å². The van der Waals surface area contributed by atoms with Crippen LogP contribution in [-0.4, -0.2) is 4.92 Å². The van der Waals surface area contributed by atoms with E-state index >= 15 is 0 Å². The van der Waals surface area contributed by atoms with Crippen molar-refractivity contribution in [2.24, 2.45) is 0 Å². The average molecular weight is 291 g/mol. The number of hydrogen-bond acceptors (Lipinski definition) is 5. The summed E-state index contributed by atoms with van der Waals surface area (Å²) in [5.74, 6) is 0. The van der Waals surface area contributed by atoms with Gasteiger partial charge in [0.05, 0.1) is 11.0 Å². The van der Waals surface area contributed by atoms with Gasteiger partial charge in [-0.2, -0.15) is 0 Å². The molecule has 1 heterocycles. The SMILES string of the molecule is CCCC(Nc1cccc(N)c1[N+](=O)[O-])c1cccs1. The Balaban J connectivity index is 2.32. The van der Waals surface area contributed by atoms with Gasteiger partial charge in [-0.05, 0) is 30.0 Å². The summed E-state index contributed by atoms with van der Waals surface area (Å²) < 4.78 is 0. The number of nitrogens with two attached hydrogens (primary N) is 1. The molecule has 5 nitrogen and oxygen atoms in total. The predicted octanol–water partition coefficient (Wildman–Crippen LogP) is 4.19. The summed E-state index contributed by atoms with van der Waals surface area (Å²) in [6.45, 7) is 2.09. The number of nitro benzene ring substituents is 1. The highest BCUT2D eigenvalue weighted by atomic mass is 32.1. The number of para-hydroxylation sites is 1. The van der Waals surface area contributed by atoms with Gasteiger partial charge in [-0.25, -0.2) is 0 Å². The van der Waals surface area contributed by atoms with Crippen LogP contribution < -0.4 is 11.1 Å². The molecule has 0 spiro atoms. The maximum Gasteiger partial charge on any atom is 0.314 e. The molecule has 2 rings (SSSR count). The van der Waals surface area contributed by atoms with Crippen molar-refractivity contribution in [3.63, 3.8) is 0 Å². The molecule has 20 heavy (non-hydrogen) atoms. The van der Waals surface area contributed by atoms with Crippen LogP contribution in [0, 0.1) is 10.1 Å². The van der Waals surface area contributed by atoms with Gasteiger partial charge in [0, 0.05) is 4.88 Å². The normalized spacial score (nSPS) is 12.1. The Labute approximate surface area is 121 Å². The molecular weight excluding hydrogens is 274 g/mol. The largest absolute Gasteiger partial charge is 0.393 e. The first kappa shape index (κ1) is 14.3. The summed E-state index contributed by atoms with van der Waals surface area (Å²) in [4.78, 5) is 11.9. The molecule has 3 N–H and O–H groups in total. The van der Waals surface area contributed by atoms with Crippen LogP contribution in [-0.2, 0) is 0 Å². The zero-order valence-corrected chi connectivity index (χ0v) is 12.0. The van der Waals surface area contributed by atoms with Gasteiger partial charge in [-0.1, -0.05) is 25.5 Å². The predicted molar refractivity (Wildman–Crippen MR) is 83.1 cm³/mol. The molecule has 106 valence electrons. The zero-order valence-electron chi connectivity index (χ0n) is 11.2. The molecule has 0 saturated carbocycles. The Hall–Kier alpha value is -2.08. The van der Waals surface area contributed by atoms with Crippen molar-refractivity contribution in [2.75, 3.05) is 11.1 Å². The van der Waals surface area contributed by atoms with Crippen LogP contribution in [0.1, 0.15) is 30.7 Å². The van der Waals surface area contributed by atoms with E-state index in [-0.39, 0.29) is 17.4 Å². The van der Waals surface area contributed by atoms with Crippen molar-refractivity contribution in [3.8, 4) is 0 Å². The summed E-state index contributed by atoms with van der Waals surface area (Å²) in [6, 6.07) is 9.06. The molecule has 0 aliphatic rings. The lowest BCUT2D eigenvalue weighted by Gasteiger charge is -2.18. The van der Waals surface area contributed by atoms with Crippen LogP contribution in [0.5, 0.6) is 0 Å². The molecule has 0 aliphatic heterocycles. The third-order valence-electron chi connectivity index (χ3n) is 3.04. The van der Waals surface area contributed by atoms with Gasteiger partial charge in [0.25, 0.3) is 0 Å². The van der Waals surface area contributed by atoms with E-state index in [1.165, 1.54) is 4.88 Å². The molecule has 0 bridgehead atoms. The van der Waals surface area contributed by atoms with E-state index in [1.807, 2.05) is 17.5 Å². The van der Waals surface area contributed by atoms with Gasteiger partial charge in [0.2, 0.25) is 0 Å². The number of hydrogen-bond donors (Lipinski definition) is 2. The third-order valence-corrected chi connectivity index (χ3v) is 4.03. The topological polar surface area (TPSA) is 81.2 Å². The lowest BCUT2D eigenvalue weighted by molar-refractivity contribution is -0.383. The Bertz CT molecular complexity index is 584. The van der Waals surface area contributed by atoms with Crippen LogP contribution in [0.4, 0.5) is 17.1 Å². The van der Waals surface area contributed by atoms with Gasteiger partial charge in [-0.15, -0.1) is 11.3 Å². The highest BCUT2D eigenvalue weighted by molar-refractivity contribution is 7.10. The fraction of sp³-hybridized carbons (Fsp3) is 0.286. The van der Waals surface area contributed by atoms with E-state index in [0.717, 1.165) is 12.8 Å². The van der Waals surface area contributed by atoms with E-state index in [0.29, 0.717) is 5.69 Å². The van der Waals surface area contributed by atoms with Crippen molar-refractivity contribution < 1.29 is 4.92 Å². The minimum atomic E-state index is -0.435. The molecule has 1 atom stereocenters. The fourth-order valence-electron chi connectivity index (χ4n) is 2.13. The average Bonchev–Trinajstić information content (AvgIpc) is 2.91. The van der Waals surface area contributed by atoms with E-state index in [9.17, 15) is 10.1 Å². The Morgan fingerprint density at radius 3 is 2.80 bits per heavy atom. The summed E-state index contributed by atoms with van der Waals surface area (Å²) in [5.41, 5.74) is 6.32. The monoisotopic (exact) mass is 291 g/mol. The van der Waals surface area contributed by atoms with Gasteiger partial charge in [0.1, 0.15) is 11.4 Å². The Kier molecular flexibility index (Phi) is 4.57. The maximum atomic E-state index is 11.2. The molecule has 1 aromatic carbocycles. The number of nitrogens with zero attached hydrogens (tertiary/aromatic N) is 1. The summed E-state index contributed by atoms with van der Waals surface area (Å²) in [6.07, 6.45) is 1.90. The molecule has 6 heteroatoms. The molecule has 1 aromatic heterocycles. The number of nitrogens with one attached hydrogen (secondary N) is 1. The first-order chi connectivity index (χ1) is 9.63. The molecule has 0 saturated heterocycles. The number of thiophene rings is 1. The van der Waals surface area contributed by atoms with E-state index in [1.54, 1.807) is 29.5 Å². The number of nitrogen functional groups attached to an aromatic ring is 1. The summed E-state index contributed by atoms with van der Waals surface area (Å²) in [7, 11) is 0. The quantitative estimate of drug-likeness (QED) is 0.475. The number of anilines is 2. The van der Waals surface area contributed by atoms with Crippen LogP contribution in [0.15, 0.2) is 35.7 Å². The second kappa shape index (κ2) is 6.38. The van der Waals surface area contributed by atoms with Crippen molar-refractivity contribution >= 4 is 28.4 Å². The van der Waals surface area contributed by atoms with Gasteiger partial charge in [-0.3, -0.25) is 10.1 Å². The van der Waals surface area contributed by atoms with Crippen LogP contribution >= 0.6 is 11.3 Å². The smallest absolute Gasteiger partial charge is 0.314 e. The maximum absolute atomic E-state index is 11.2. The molecule has 2 aromatic rings. The van der Waals surface area contributed by atoms with E-state index in [2.05, 4.69) is 12.2 Å². The number of rotatable bonds is 6. The van der Waals surface area contributed by atoms with Crippen molar-refractivity contribution in [1.82, 2.24) is 0 Å². The fourth-order valence-corrected chi connectivity index (χ4v) is 2.95. The number of nitro groups is 1. The number of benzene rings is 1. The standard InChI is InChI=1S/C14H17N3O2S/c1-2-5-11(13-8-4-9-20-13)16-12-7-3-6-10(15)14(12)17(18)19/h3-4,6-9,11,16H,2,5,15H2,1H3. The van der Waals surface area contributed by atoms with Crippen molar-refractivity contribution in [1.29, 1.82) is 0 Å². The lowest BCUT2D eigenvalue weighted by Crippen LogP contribution is -2.11. The zero-order chi connectivity index (χ0) is 14.5. The van der Waals surface area contributed by atoms with E-state index < -0.39 is 4.92 Å². The minimum absolute atomic E-state index is 0.0508. The van der Waals surface area contributed by atoms with Gasteiger partial charge < -0.3 is 11.1 Å². The Morgan fingerprint density at radius 1 is 1.40 bits per heavy atom. The lowest BCUT2D eigenvalue weighted by atomic mass is 10.1. The first-order valence-corrected chi connectivity index (χ1v) is 7.34. The highest BCUT2D eigenvalue weighted by Gasteiger charge is 2.21. The minimum Gasteiger partial charge on any atom is -0.393 e. The highest BCUT2D eigenvalue weighted by Crippen LogP contribution is 2.35. The van der Waals surface area contributed by atoms with Gasteiger partial charge in [0.15, 0.2) is 0 Å². The molecule has 0 aliphatic carbocycles. The molecule has 0 radical (unpaired) electrons. The van der Waals surface area contributed by atoms with E-state index in [4.69, 9.17) is 5.73 Å². The summed E-state index contributed by atoms with van der Waals surface area (Å²) in [5, 5.41) is 16.4. The Morgan fingerprint density at radius 2 is 2.20 bits per heavy atom. The van der Waals surface area contributed by atoms with Crippen molar-refractivity contribution in [3.05, 3.63) is 50.7 Å². The van der Waals surface area contributed by atoms with Crippen LogP contribution in [0.2, 0.25) is 0 Å². The summed E-state index contributed by atoms with van der Waals surface area (Å²) >= 11 is 1.65. The second-order valence-electron chi connectivity index (χ2n) is 4.50. The van der Waals surface area contributed by atoms with Gasteiger partial charge >= 0.3 is 5.69 Å². The molecular formula is C14H17N3O2S. The second-order valence-corrected chi connectivity index (χ2v) is 5.48.